The third-order valence-electron chi connectivity index (χ3n) is 5.82. The number of hydrogen-bond donors (Lipinski definition) is 1. The smallest absolute Gasteiger partial charge is 0.119 e. The van der Waals surface area contributed by atoms with Gasteiger partial charge in [0.1, 0.15) is 5.75 Å². The fraction of sp³-hybridized carbons (Fsp3) is 0.455. The molecule has 0 atom stereocenters. The molecule has 4 rings (SSSR count). The minimum Gasteiger partial charge on any atom is -0.493 e. The van der Waals surface area contributed by atoms with Crippen LogP contribution in [0.25, 0.3) is 0 Å². The van der Waals surface area contributed by atoms with Gasteiger partial charge in [0.2, 0.25) is 0 Å². The lowest BCUT2D eigenvalue weighted by Gasteiger charge is -2.42. The summed E-state index contributed by atoms with van der Waals surface area (Å²) in [5.74, 6) is 1.05. The van der Waals surface area contributed by atoms with Gasteiger partial charge in [0.25, 0.3) is 0 Å². The average molecular weight is 321 g/mol. The zero-order valence-corrected chi connectivity index (χ0v) is 14.4. The maximum absolute atomic E-state index is 6.09. The van der Waals surface area contributed by atoms with Crippen LogP contribution in [0.4, 0.5) is 0 Å². The number of hydrogen-bond acceptors (Lipinski definition) is 2. The van der Waals surface area contributed by atoms with Crippen LogP contribution >= 0.6 is 0 Å². The average Bonchev–Trinajstić information content (AvgIpc) is 2.64. The van der Waals surface area contributed by atoms with Gasteiger partial charge in [0.05, 0.1) is 6.61 Å². The Hall–Kier alpha value is -1.80. The first-order valence-electron chi connectivity index (χ1n) is 9.37. The third-order valence-corrected chi connectivity index (χ3v) is 5.82. The highest BCUT2D eigenvalue weighted by atomic mass is 16.5. The molecule has 0 aromatic heterocycles. The highest BCUT2D eigenvalue weighted by molar-refractivity contribution is 5.43. The Kier molecular flexibility index (Phi) is 4.57. The molecule has 1 fully saturated rings. The van der Waals surface area contributed by atoms with Gasteiger partial charge in [-0.1, -0.05) is 36.4 Å². The van der Waals surface area contributed by atoms with E-state index >= 15 is 0 Å². The molecule has 2 aromatic rings. The van der Waals surface area contributed by atoms with Crippen LogP contribution in [-0.2, 0) is 18.3 Å². The van der Waals surface area contributed by atoms with Crippen LogP contribution in [0.2, 0.25) is 0 Å². The number of benzene rings is 2. The van der Waals surface area contributed by atoms with Crippen LogP contribution in [0, 0.1) is 0 Å². The molecule has 0 bridgehead atoms. The predicted octanol–water partition coefficient (Wildman–Crippen LogP) is 4.27. The summed E-state index contributed by atoms with van der Waals surface area (Å²) in [6.45, 7) is 3.05. The second-order valence-corrected chi connectivity index (χ2v) is 7.29. The molecule has 1 spiro atoms. The number of rotatable bonds is 4. The maximum atomic E-state index is 6.09. The molecule has 2 aliphatic rings. The second-order valence-electron chi connectivity index (χ2n) is 7.29. The van der Waals surface area contributed by atoms with Gasteiger partial charge >= 0.3 is 0 Å². The Labute approximate surface area is 145 Å². The Morgan fingerprint density at radius 3 is 2.62 bits per heavy atom. The van der Waals surface area contributed by atoms with E-state index in [0.717, 1.165) is 31.9 Å². The fourth-order valence-electron chi connectivity index (χ4n) is 4.47. The number of piperidine rings is 1. The van der Waals surface area contributed by atoms with Crippen LogP contribution in [0.5, 0.6) is 5.75 Å². The molecule has 1 aliphatic carbocycles. The summed E-state index contributed by atoms with van der Waals surface area (Å²) < 4.78 is 6.09. The van der Waals surface area contributed by atoms with Crippen molar-refractivity contribution in [1.82, 2.24) is 5.32 Å². The van der Waals surface area contributed by atoms with Crippen LogP contribution < -0.4 is 10.1 Å². The van der Waals surface area contributed by atoms with Crippen molar-refractivity contribution in [3.63, 3.8) is 0 Å². The van der Waals surface area contributed by atoms with E-state index in [1.54, 1.807) is 11.1 Å². The molecule has 2 heteroatoms. The Morgan fingerprint density at radius 1 is 0.958 bits per heavy atom. The van der Waals surface area contributed by atoms with Gasteiger partial charge in [0.15, 0.2) is 0 Å². The zero-order valence-electron chi connectivity index (χ0n) is 14.4. The van der Waals surface area contributed by atoms with E-state index in [4.69, 9.17) is 4.74 Å². The Bertz CT molecular complexity index is 674. The lowest BCUT2D eigenvalue weighted by atomic mass is 9.65. The summed E-state index contributed by atoms with van der Waals surface area (Å²) in [6.07, 6.45) is 7.42. The van der Waals surface area contributed by atoms with Gasteiger partial charge in [-0.3, -0.25) is 0 Å². The van der Waals surface area contributed by atoms with Crippen molar-refractivity contribution in [2.45, 2.75) is 43.9 Å². The molecule has 24 heavy (non-hydrogen) atoms. The molecule has 0 unspecified atom stereocenters. The van der Waals surface area contributed by atoms with Crippen LogP contribution in [0.3, 0.4) is 0 Å². The molecule has 0 amide bonds. The summed E-state index contributed by atoms with van der Waals surface area (Å²) in [5.41, 5.74) is 4.87. The van der Waals surface area contributed by atoms with Crippen LogP contribution in [0.1, 0.15) is 42.4 Å². The Morgan fingerprint density at radius 2 is 1.79 bits per heavy atom. The largest absolute Gasteiger partial charge is 0.493 e. The van der Waals surface area contributed by atoms with Gasteiger partial charge in [-0.2, -0.15) is 0 Å². The lowest BCUT2D eigenvalue weighted by Crippen LogP contribution is -2.42. The highest BCUT2D eigenvalue weighted by Crippen LogP contribution is 2.44. The SMILES string of the molecule is c1ccc(CCOc2ccc3c(c2)C2(CCC3)CCNCC2)cc1. The molecular formula is C22H27NO. The first kappa shape index (κ1) is 15.7. The summed E-state index contributed by atoms with van der Waals surface area (Å²) in [5, 5.41) is 3.52. The first-order chi connectivity index (χ1) is 11.9. The second kappa shape index (κ2) is 6.98. The first-order valence-corrected chi connectivity index (χ1v) is 9.37. The standard InChI is InChI=1S/C22H27NO/c1-2-5-18(6-3-1)10-16-24-20-9-8-19-7-4-11-22(21(19)17-20)12-14-23-15-13-22/h1-3,5-6,8-9,17,23H,4,7,10-16H2. The van der Waals surface area contributed by atoms with Crippen molar-refractivity contribution in [3.8, 4) is 5.75 Å². The zero-order chi connectivity index (χ0) is 16.2. The highest BCUT2D eigenvalue weighted by Gasteiger charge is 2.37. The van der Waals surface area contributed by atoms with Crippen molar-refractivity contribution in [1.29, 1.82) is 0 Å². The number of fused-ring (bicyclic) bond motifs is 2. The third kappa shape index (κ3) is 3.21. The van der Waals surface area contributed by atoms with E-state index in [1.807, 2.05) is 0 Å². The van der Waals surface area contributed by atoms with Gasteiger partial charge < -0.3 is 10.1 Å². The molecule has 126 valence electrons. The van der Waals surface area contributed by atoms with E-state index in [2.05, 4.69) is 53.8 Å². The number of ether oxygens (including phenoxy) is 1. The van der Waals surface area contributed by atoms with Crippen LogP contribution in [0.15, 0.2) is 48.5 Å². The van der Waals surface area contributed by atoms with Crippen molar-refractivity contribution < 1.29 is 4.74 Å². The molecule has 2 nitrogen and oxygen atoms in total. The number of aryl methyl sites for hydroxylation is 1. The molecule has 0 saturated carbocycles. The summed E-state index contributed by atoms with van der Waals surface area (Å²) in [4.78, 5) is 0. The number of nitrogens with one attached hydrogen (secondary N) is 1. The molecule has 2 aromatic carbocycles. The molecular weight excluding hydrogens is 294 g/mol. The maximum Gasteiger partial charge on any atom is 0.119 e. The normalized spacial score (nSPS) is 19.0. The van der Waals surface area contributed by atoms with E-state index in [9.17, 15) is 0 Å². The minimum atomic E-state index is 0.400. The topological polar surface area (TPSA) is 21.3 Å². The summed E-state index contributed by atoms with van der Waals surface area (Å²) in [7, 11) is 0. The van der Waals surface area contributed by atoms with Crippen molar-refractivity contribution in [2.24, 2.45) is 0 Å². The van der Waals surface area contributed by atoms with E-state index in [1.165, 1.54) is 37.7 Å². The fourth-order valence-corrected chi connectivity index (χ4v) is 4.47. The van der Waals surface area contributed by atoms with E-state index in [-0.39, 0.29) is 0 Å². The summed E-state index contributed by atoms with van der Waals surface area (Å²) in [6, 6.07) is 17.4. The molecule has 1 saturated heterocycles. The van der Waals surface area contributed by atoms with Gasteiger partial charge in [0, 0.05) is 6.42 Å². The predicted molar refractivity (Wildman–Crippen MR) is 98.8 cm³/mol. The molecule has 1 aliphatic heterocycles. The minimum absolute atomic E-state index is 0.400. The van der Waals surface area contributed by atoms with Gasteiger partial charge in [-0.25, -0.2) is 0 Å². The summed E-state index contributed by atoms with van der Waals surface area (Å²) >= 11 is 0. The van der Waals surface area contributed by atoms with Crippen molar-refractivity contribution >= 4 is 0 Å². The van der Waals surface area contributed by atoms with Crippen molar-refractivity contribution in [3.05, 3.63) is 65.2 Å². The quantitative estimate of drug-likeness (QED) is 0.908. The molecule has 0 radical (unpaired) electrons. The lowest BCUT2D eigenvalue weighted by molar-refractivity contribution is 0.265. The van der Waals surface area contributed by atoms with Gasteiger partial charge in [-0.05, 0) is 79.4 Å². The van der Waals surface area contributed by atoms with Crippen molar-refractivity contribution in [2.75, 3.05) is 19.7 Å². The van der Waals surface area contributed by atoms with E-state index in [0.29, 0.717) is 5.41 Å². The Balaban J connectivity index is 1.48. The monoisotopic (exact) mass is 321 g/mol. The van der Waals surface area contributed by atoms with Crippen LogP contribution in [-0.4, -0.2) is 19.7 Å². The van der Waals surface area contributed by atoms with E-state index < -0.39 is 0 Å². The molecule has 1 N–H and O–H groups in total. The van der Waals surface area contributed by atoms with Gasteiger partial charge in [-0.15, -0.1) is 0 Å². The molecule has 1 heterocycles.